The number of carboxylic acid groups (broad SMARTS) is 1. The number of oxazole rings is 1. The van der Waals surface area contributed by atoms with E-state index in [-0.39, 0.29) is 18.0 Å². The predicted octanol–water partition coefficient (Wildman–Crippen LogP) is 5.26. The van der Waals surface area contributed by atoms with Crippen LogP contribution in [-0.4, -0.2) is 43.4 Å². The summed E-state index contributed by atoms with van der Waals surface area (Å²) in [6.07, 6.45) is 5.40. The van der Waals surface area contributed by atoms with Crippen LogP contribution in [0.5, 0.6) is 5.75 Å². The summed E-state index contributed by atoms with van der Waals surface area (Å²) in [7, 11) is 0. The van der Waals surface area contributed by atoms with Gasteiger partial charge in [-0.2, -0.15) is 0 Å². The van der Waals surface area contributed by atoms with Crippen LogP contribution in [0, 0.1) is 6.92 Å². The van der Waals surface area contributed by atoms with Gasteiger partial charge in [0.15, 0.2) is 0 Å². The third-order valence-electron chi connectivity index (χ3n) is 6.37. The number of aromatic nitrogens is 3. The monoisotopic (exact) mass is 528 g/mol. The number of nitrogens with zero attached hydrogens (tertiary/aromatic N) is 4. The second-order valence-corrected chi connectivity index (χ2v) is 8.81. The predicted molar refractivity (Wildman–Crippen MR) is 145 cm³/mol. The maximum Gasteiger partial charge on any atom is 0.303 e. The third kappa shape index (κ3) is 6.49. The Kier molecular flexibility index (Phi) is 9.04. The molecule has 0 bridgehead atoms. The van der Waals surface area contributed by atoms with Crippen LogP contribution in [-0.2, 0) is 30.7 Å². The highest BCUT2D eigenvalue weighted by Crippen LogP contribution is 2.35. The summed E-state index contributed by atoms with van der Waals surface area (Å²) in [6, 6.07) is 13.5. The number of ether oxygens (including phenoxy) is 1. The van der Waals surface area contributed by atoms with Gasteiger partial charge >= 0.3 is 5.97 Å². The lowest BCUT2D eigenvalue weighted by Gasteiger charge is -2.14. The molecule has 2 aromatic carbocycles. The Bertz CT molecular complexity index is 1420. The van der Waals surface area contributed by atoms with E-state index in [9.17, 15) is 14.7 Å². The van der Waals surface area contributed by atoms with Crippen molar-refractivity contribution < 1.29 is 23.8 Å². The Morgan fingerprint density at radius 3 is 2.51 bits per heavy atom. The topological polar surface area (TPSA) is 119 Å². The zero-order chi connectivity index (χ0) is 27.8. The molecule has 0 unspecified atom stereocenters. The van der Waals surface area contributed by atoms with Gasteiger partial charge in [0, 0.05) is 42.9 Å². The van der Waals surface area contributed by atoms with Crippen LogP contribution in [0.4, 0.5) is 0 Å². The van der Waals surface area contributed by atoms with E-state index in [0.29, 0.717) is 44.2 Å². The molecule has 3 heterocycles. The van der Waals surface area contributed by atoms with Crippen LogP contribution in [0.1, 0.15) is 58.9 Å². The normalized spacial score (nSPS) is 11.9. The Morgan fingerprint density at radius 1 is 1.03 bits per heavy atom. The lowest BCUT2D eigenvalue weighted by Crippen LogP contribution is -2.26. The average Bonchev–Trinajstić information content (AvgIpc) is 3.58. The van der Waals surface area contributed by atoms with E-state index >= 15 is 0 Å². The molecule has 9 nitrogen and oxygen atoms in total. The molecule has 202 valence electrons. The van der Waals surface area contributed by atoms with Crippen molar-refractivity contribution in [2.75, 3.05) is 6.61 Å². The van der Waals surface area contributed by atoms with Crippen molar-refractivity contribution in [2.24, 2.45) is 0 Å². The number of carboxylic acids is 1. The van der Waals surface area contributed by atoms with Gasteiger partial charge in [-0.25, -0.2) is 9.97 Å². The molecule has 1 N–H and O–H groups in total. The molecule has 0 saturated heterocycles. The number of benzene rings is 2. The van der Waals surface area contributed by atoms with Gasteiger partial charge in [-0.1, -0.05) is 38.1 Å². The van der Waals surface area contributed by atoms with E-state index in [2.05, 4.69) is 15.0 Å². The molecule has 0 spiro atoms. The minimum absolute atomic E-state index is 0.0138. The van der Waals surface area contributed by atoms with Gasteiger partial charge in [0.25, 0.3) is 5.91 Å². The van der Waals surface area contributed by atoms with Crippen LogP contribution in [0.3, 0.4) is 0 Å². The molecule has 0 saturated carbocycles. The zero-order valence-electron chi connectivity index (χ0n) is 22.4. The van der Waals surface area contributed by atoms with E-state index in [1.165, 1.54) is 18.6 Å². The van der Waals surface area contributed by atoms with Crippen LogP contribution in [0.25, 0.3) is 11.5 Å². The van der Waals surface area contributed by atoms with Crippen LogP contribution in [0.15, 0.2) is 65.5 Å². The smallest absolute Gasteiger partial charge is 0.303 e. The first-order chi connectivity index (χ1) is 19.0. The first kappa shape index (κ1) is 27.5. The maximum absolute atomic E-state index is 13.0. The largest absolute Gasteiger partial charge is 0.493 e. The molecule has 1 amide bonds. The van der Waals surface area contributed by atoms with Crippen LogP contribution < -0.4 is 4.74 Å². The molecule has 1 aliphatic rings. The van der Waals surface area contributed by atoms with Crippen molar-refractivity contribution in [3.63, 3.8) is 0 Å². The lowest BCUT2D eigenvalue weighted by molar-refractivity contribution is -0.136. The fourth-order valence-corrected chi connectivity index (χ4v) is 4.48. The van der Waals surface area contributed by atoms with Crippen LogP contribution >= 0.6 is 0 Å². The van der Waals surface area contributed by atoms with E-state index in [0.717, 1.165) is 33.7 Å². The van der Waals surface area contributed by atoms with Crippen molar-refractivity contribution in [3.8, 4) is 17.2 Å². The number of fused-ring (bicyclic) bond motifs is 1. The minimum atomic E-state index is -0.864. The number of carbonyl (C=O) groups excluding carboxylic acids is 1. The molecule has 5 rings (SSSR count). The summed E-state index contributed by atoms with van der Waals surface area (Å²) in [6.45, 7) is 6.97. The summed E-state index contributed by atoms with van der Waals surface area (Å²) in [4.78, 5) is 38.6. The molecule has 0 aliphatic carbocycles. The Balaban J connectivity index is 0.00000172. The van der Waals surface area contributed by atoms with E-state index in [1.807, 2.05) is 63.2 Å². The Hall–Kier alpha value is -4.53. The van der Waals surface area contributed by atoms with Gasteiger partial charge in [0.05, 0.1) is 25.0 Å². The first-order valence-electron chi connectivity index (χ1n) is 13.0. The summed E-state index contributed by atoms with van der Waals surface area (Å²) in [5.74, 6) is 0.906. The lowest BCUT2D eigenvalue weighted by atomic mass is 9.99. The Labute approximate surface area is 227 Å². The minimum Gasteiger partial charge on any atom is -0.493 e. The van der Waals surface area contributed by atoms with Crippen LogP contribution in [0.2, 0.25) is 0 Å². The second-order valence-electron chi connectivity index (χ2n) is 8.81. The number of carbonyl (C=O) groups is 2. The number of aryl methyl sites for hydroxylation is 2. The van der Waals surface area contributed by atoms with Crippen molar-refractivity contribution in [3.05, 3.63) is 94.9 Å². The Morgan fingerprint density at radius 2 is 1.79 bits per heavy atom. The van der Waals surface area contributed by atoms with E-state index < -0.39 is 5.97 Å². The molecular formula is C30H32N4O5. The molecule has 39 heavy (non-hydrogen) atoms. The van der Waals surface area contributed by atoms with Gasteiger partial charge in [-0.3, -0.25) is 14.6 Å². The molecule has 0 fully saturated rings. The highest BCUT2D eigenvalue weighted by molar-refractivity contribution is 5.92. The fraction of sp³-hybridized carbons (Fsp3) is 0.300. The second kappa shape index (κ2) is 12.8. The average molecular weight is 529 g/mol. The summed E-state index contributed by atoms with van der Waals surface area (Å²) in [5, 5.41) is 9.17. The number of aliphatic carboxylic acids is 1. The standard InChI is InChI=1S/C28H26N4O5.C2H6/c1-18-23(31-27(37-18)20-5-3-2-4-6-20)11-14-36-25-9-7-19(8-10-26(33)34)21-16-32(17-22(21)25)28(35)24-15-29-12-13-30-24;1-2/h2-7,9,12-13,15H,8,10-11,14,16-17H2,1H3,(H,33,34);1-2H3. The number of hydrogen-bond donors (Lipinski definition) is 1. The van der Waals surface area contributed by atoms with Crippen molar-refractivity contribution in [1.29, 1.82) is 0 Å². The van der Waals surface area contributed by atoms with E-state index in [1.54, 1.807) is 4.90 Å². The summed E-state index contributed by atoms with van der Waals surface area (Å²) < 4.78 is 12.0. The number of amides is 1. The fourth-order valence-electron chi connectivity index (χ4n) is 4.48. The molecule has 1 aliphatic heterocycles. The van der Waals surface area contributed by atoms with Crippen molar-refractivity contribution in [1.82, 2.24) is 19.9 Å². The third-order valence-corrected chi connectivity index (χ3v) is 6.37. The quantitative estimate of drug-likeness (QED) is 0.312. The van der Waals surface area contributed by atoms with Gasteiger partial charge in [0.1, 0.15) is 17.2 Å². The van der Waals surface area contributed by atoms with Gasteiger partial charge in [-0.15, -0.1) is 0 Å². The highest BCUT2D eigenvalue weighted by Gasteiger charge is 2.30. The highest BCUT2D eigenvalue weighted by atomic mass is 16.5. The molecular weight excluding hydrogens is 496 g/mol. The number of rotatable bonds is 9. The SMILES string of the molecule is CC.Cc1oc(-c2ccccc2)nc1CCOc1ccc(CCC(=O)O)c2c1CN(C(=O)c1cnccn1)C2. The zero-order valence-corrected chi connectivity index (χ0v) is 22.4. The number of hydrogen-bond acceptors (Lipinski definition) is 7. The van der Waals surface area contributed by atoms with Gasteiger partial charge in [-0.05, 0) is 42.7 Å². The molecule has 9 heteroatoms. The van der Waals surface area contributed by atoms with Gasteiger partial charge in [0.2, 0.25) is 5.89 Å². The summed E-state index contributed by atoms with van der Waals surface area (Å²) >= 11 is 0. The molecule has 4 aromatic rings. The first-order valence-corrected chi connectivity index (χ1v) is 13.0. The molecule has 0 radical (unpaired) electrons. The van der Waals surface area contributed by atoms with Crippen molar-refractivity contribution in [2.45, 2.75) is 53.1 Å². The summed E-state index contributed by atoms with van der Waals surface area (Å²) in [5.41, 5.74) is 4.73. The van der Waals surface area contributed by atoms with Gasteiger partial charge < -0.3 is 19.2 Å². The molecule has 2 aromatic heterocycles. The van der Waals surface area contributed by atoms with Crippen molar-refractivity contribution >= 4 is 11.9 Å². The maximum atomic E-state index is 13.0. The van der Waals surface area contributed by atoms with E-state index in [4.69, 9.17) is 9.15 Å². The molecule has 0 atom stereocenters.